The Morgan fingerprint density at radius 3 is 2.65 bits per heavy atom. The fourth-order valence-electron chi connectivity index (χ4n) is 1.42. The van der Waals surface area contributed by atoms with Gasteiger partial charge in [-0.1, -0.05) is 42.5 Å². The fraction of sp³-hybridized carbons (Fsp3) is 0.333. The lowest BCUT2D eigenvalue weighted by Crippen LogP contribution is -2.15. The number of carboxylic acid groups (broad SMARTS) is 1. The summed E-state index contributed by atoms with van der Waals surface area (Å²) in [5.41, 5.74) is -0.334. The van der Waals surface area contributed by atoms with Gasteiger partial charge in [-0.25, -0.2) is 4.79 Å². The van der Waals surface area contributed by atoms with E-state index in [0.29, 0.717) is 0 Å². The monoisotopic (exact) mass is 363 g/mol. The van der Waals surface area contributed by atoms with E-state index in [4.69, 9.17) is 10.5 Å². The van der Waals surface area contributed by atoms with Gasteiger partial charge in [0.15, 0.2) is 0 Å². The molecule has 0 amide bonds. The molecule has 2 N–H and O–H groups in total. The van der Waals surface area contributed by atoms with E-state index in [1.165, 1.54) is 4.88 Å². The van der Waals surface area contributed by atoms with Crippen LogP contribution in [0.1, 0.15) is 23.6 Å². The van der Waals surface area contributed by atoms with Crippen molar-refractivity contribution in [2.24, 2.45) is 0 Å². The summed E-state index contributed by atoms with van der Waals surface area (Å²) < 4.78 is 0.957. The molecule has 0 aliphatic rings. The molecule has 5 heteroatoms. The molecule has 0 aliphatic heterocycles. The average Bonchev–Trinajstić information content (AvgIpc) is 2.74. The minimum Gasteiger partial charge on any atom is -0.478 e. The van der Waals surface area contributed by atoms with Gasteiger partial charge in [0.1, 0.15) is 0 Å². The highest BCUT2D eigenvalue weighted by Gasteiger charge is 2.22. The smallest absolute Gasteiger partial charge is 0.336 e. The summed E-state index contributed by atoms with van der Waals surface area (Å²) >= 11 is 3.99. The molecule has 0 atom stereocenters. The molecule has 0 radical (unpaired) electrons. The molecule has 0 saturated heterocycles. The number of rotatable bonds is 5. The molecule has 0 bridgehead atoms. The van der Waals surface area contributed by atoms with Crippen LogP contribution in [0, 0.1) is 5.41 Å². The van der Waals surface area contributed by atoms with Crippen LogP contribution in [0.25, 0.3) is 0 Å². The molecule has 1 aromatic rings. The van der Waals surface area contributed by atoms with E-state index in [9.17, 15) is 4.79 Å². The summed E-state index contributed by atoms with van der Waals surface area (Å²) in [5, 5.41) is 16.0. The molecule has 1 rings (SSSR count). The van der Waals surface area contributed by atoms with E-state index in [-0.39, 0.29) is 11.0 Å². The van der Waals surface area contributed by atoms with Crippen LogP contribution >= 0.6 is 33.9 Å². The molecular weight excluding hydrogens is 349 g/mol. The SMILES string of the molecule is CC(C)(/C=C(\C=N)C(=O)O)c1ccc(CI)s1. The highest BCUT2D eigenvalue weighted by atomic mass is 127. The van der Waals surface area contributed by atoms with Crippen molar-refractivity contribution in [1.82, 2.24) is 0 Å². The lowest BCUT2D eigenvalue weighted by atomic mass is 9.89. The molecule has 3 nitrogen and oxygen atoms in total. The lowest BCUT2D eigenvalue weighted by molar-refractivity contribution is -0.132. The normalized spacial score (nSPS) is 12.5. The zero-order valence-corrected chi connectivity index (χ0v) is 12.6. The number of aliphatic carboxylic acids is 1. The standard InChI is InChI=1S/C12H14INO2S/c1-12(2,5-8(7-14)11(15)16)10-4-3-9(6-13)17-10/h3-5,7,14H,6H2,1-2H3,(H,15,16)/b8-5+,14-7?. The van der Waals surface area contributed by atoms with Crippen molar-refractivity contribution >= 4 is 46.1 Å². The van der Waals surface area contributed by atoms with Crippen molar-refractivity contribution in [3.8, 4) is 0 Å². The summed E-state index contributed by atoms with van der Waals surface area (Å²) in [5.74, 6) is -1.06. The van der Waals surface area contributed by atoms with Gasteiger partial charge in [0, 0.05) is 25.8 Å². The predicted octanol–water partition coefficient (Wildman–Crippen LogP) is 3.62. The highest BCUT2D eigenvalue weighted by molar-refractivity contribution is 14.1. The quantitative estimate of drug-likeness (QED) is 0.363. The largest absolute Gasteiger partial charge is 0.478 e. The molecule has 1 aromatic heterocycles. The Bertz CT molecular complexity index is 463. The maximum atomic E-state index is 10.9. The van der Waals surface area contributed by atoms with Crippen LogP contribution in [0.2, 0.25) is 0 Å². The van der Waals surface area contributed by atoms with Gasteiger partial charge in [0.25, 0.3) is 0 Å². The second kappa shape index (κ2) is 5.77. The van der Waals surface area contributed by atoms with Crippen LogP contribution < -0.4 is 0 Å². The molecule has 92 valence electrons. The molecular formula is C12H14INO2S. The van der Waals surface area contributed by atoms with Crippen LogP contribution in [0.4, 0.5) is 0 Å². The maximum absolute atomic E-state index is 10.9. The first-order valence-electron chi connectivity index (χ1n) is 5.02. The Labute approximate surface area is 118 Å². The Morgan fingerprint density at radius 2 is 2.24 bits per heavy atom. The number of allylic oxidation sites excluding steroid dienone is 1. The Hall–Kier alpha value is -0.690. The third kappa shape index (κ3) is 3.64. The number of nitrogens with one attached hydrogen (secondary N) is 1. The van der Waals surface area contributed by atoms with Gasteiger partial charge in [0.05, 0.1) is 5.57 Å². The Kier molecular flexibility index (Phi) is 4.88. The first kappa shape index (κ1) is 14.4. The molecule has 17 heavy (non-hydrogen) atoms. The maximum Gasteiger partial charge on any atom is 0.336 e. The van der Waals surface area contributed by atoms with E-state index >= 15 is 0 Å². The van der Waals surface area contributed by atoms with Crippen molar-refractivity contribution in [3.05, 3.63) is 33.5 Å². The molecule has 0 fully saturated rings. The number of halogens is 1. The fourth-order valence-corrected chi connectivity index (χ4v) is 3.07. The summed E-state index contributed by atoms with van der Waals surface area (Å²) in [6, 6.07) is 4.09. The van der Waals surface area contributed by atoms with Crippen molar-refractivity contribution < 1.29 is 9.90 Å². The Balaban J connectivity index is 3.09. The molecule has 0 spiro atoms. The molecule has 0 aliphatic carbocycles. The van der Waals surface area contributed by atoms with Crippen molar-refractivity contribution in [2.45, 2.75) is 23.7 Å². The number of carbonyl (C=O) groups is 1. The third-order valence-corrected chi connectivity index (χ3v) is 5.11. The van der Waals surface area contributed by atoms with Crippen molar-refractivity contribution in [1.29, 1.82) is 5.41 Å². The van der Waals surface area contributed by atoms with Gasteiger partial charge >= 0.3 is 5.97 Å². The number of hydrogen-bond acceptors (Lipinski definition) is 3. The zero-order chi connectivity index (χ0) is 13.1. The van der Waals surface area contributed by atoms with Crippen LogP contribution in [0.15, 0.2) is 23.8 Å². The summed E-state index contributed by atoms with van der Waals surface area (Å²) in [6.45, 7) is 3.92. The molecule has 0 aromatic carbocycles. The first-order chi connectivity index (χ1) is 7.90. The summed E-state index contributed by atoms with van der Waals surface area (Å²) in [4.78, 5) is 13.3. The van der Waals surface area contributed by atoms with E-state index < -0.39 is 5.97 Å². The van der Waals surface area contributed by atoms with E-state index in [1.54, 1.807) is 17.4 Å². The van der Waals surface area contributed by atoms with Gasteiger partial charge in [0.2, 0.25) is 0 Å². The number of alkyl halides is 1. The second-order valence-corrected chi connectivity index (χ2v) is 6.10. The van der Waals surface area contributed by atoms with E-state index in [1.807, 2.05) is 19.9 Å². The van der Waals surface area contributed by atoms with Crippen molar-refractivity contribution in [2.75, 3.05) is 0 Å². The summed E-state index contributed by atoms with van der Waals surface area (Å²) in [7, 11) is 0. The van der Waals surface area contributed by atoms with Crippen LogP contribution in [-0.4, -0.2) is 17.3 Å². The van der Waals surface area contributed by atoms with E-state index in [2.05, 4.69) is 28.7 Å². The number of hydrogen-bond donors (Lipinski definition) is 2. The van der Waals surface area contributed by atoms with Gasteiger partial charge < -0.3 is 10.5 Å². The number of carboxylic acids is 1. The zero-order valence-electron chi connectivity index (χ0n) is 9.66. The second-order valence-electron chi connectivity index (χ2n) is 4.17. The molecule has 0 saturated carbocycles. The van der Waals surface area contributed by atoms with Gasteiger partial charge in [-0.05, 0) is 12.1 Å². The van der Waals surface area contributed by atoms with Gasteiger partial charge in [-0.15, -0.1) is 11.3 Å². The van der Waals surface area contributed by atoms with Gasteiger partial charge in [-0.3, -0.25) is 0 Å². The first-order valence-corrected chi connectivity index (χ1v) is 7.36. The van der Waals surface area contributed by atoms with Crippen molar-refractivity contribution in [3.63, 3.8) is 0 Å². The predicted molar refractivity (Wildman–Crippen MR) is 79.6 cm³/mol. The topological polar surface area (TPSA) is 61.2 Å². The minimum absolute atomic E-state index is 0.0272. The lowest BCUT2D eigenvalue weighted by Gasteiger charge is -2.19. The van der Waals surface area contributed by atoms with Gasteiger partial charge in [-0.2, -0.15) is 0 Å². The molecule has 1 heterocycles. The van der Waals surface area contributed by atoms with E-state index in [0.717, 1.165) is 15.5 Å². The van der Waals surface area contributed by atoms with Crippen LogP contribution in [0.3, 0.4) is 0 Å². The highest BCUT2D eigenvalue weighted by Crippen LogP contribution is 2.32. The van der Waals surface area contributed by atoms with Crippen LogP contribution in [0.5, 0.6) is 0 Å². The summed E-state index contributed by atoms with van der Waals surface area (Å²) in [6.07, 6.45) is 2.52. The molecule has 0 unspecified atom stereocenters. The third-order valence-electron chi connectivity index (χ3n) is 2.35. The van der Waals surface area contributed by atoms with Crippen LogP contribution in [-0.2, 0) is 14.6 Å². The Morgan fingerprint density at radius 1 is 1.59 bits per heavy atom. The average molecular weight is 363 g/mol. The number of thiophene rings is 1. The minimum atomic E-state index is -1.06.